The molecule has 1 aromatic rings. The van der Waals surface area contributed by atoms with Gasteiger partial charge in [-0.1, -0.05) is 38.1 Å². The van der Waals surface area contributed by atoms with Gasteiger partial charge in [0.2, 0.25) is 5.91 Å². The molecule has 1 aliphatic heterocycles. The maximum Gasteiger partial charge on any atom is 0.223 e. The lowest BCUT2D eigenvalue weighted by Gasteiger charge is -2.36. The highest BCUT2D eigenvalue weighted by atomic mass is 16.3. The number of benzene rings is 1. The summed E-state index contributed by atoms with van der Waals surface area (Å²) in [5.74, 6) is 0.183. The van der Waals surface area contributed by atoms with Gasteiger partial charge in [0.15, 0.2) is 0 Å². The zero-order valence-corrected chi connectivity index (χ0v) is 13.3. The van der Waals surface area contributed by atoms with Crippen LogP contribution in [0.5, 0.6) is 0 Å². The van der Waals surface area contributed by atoms with Crippen molar-refractivity contribution in [1.29, 1.82) is 0 Å². The van der Waals surface area contributed by atoms with Gasteiger partial charge < -0.3 is 10.0 Å². The molecular formula is C18H27NO2. The van der Waals surface area contributed by atoms with E-state index >= 15 is 0 Å². The topological polar surface area (TPSA) is 40.5 Å². The molecule has 2 rings (SSSR count). The van der Waals surface area contributed by atoms with Crippen molar-refractivity contribution in [1.82, 2.24) is 4.90 Å². The van der Waals surface area contributed by atoms with Gasteiger partial charge in [0.25, 0.3) is 0 Å². The molecule has 1 aromatic carbocycles. The van der Waals surface area contributed by atoms with Gasteiger partial charge in [-0.15, -0.1) is 0 Å². The van der Waals surface area contributed by atoms with E-state index < -0.39 is 0 Å². The van der Waals surface area contributed by atoms with Crippen LogP contribution in [0.3, 0.4) is 0 Å². The lowest BCUT2D eigenvalue weighted by atomic mass is 9.93. The molecule has 1 fully saturated rings. The zero-order chi connectivity index (χ0) is 15.3. The molecule has 1 unspecified atom stereocenters. The number of carbonyl (C=O) groups is 1. The molecule has 21 heavy (non-hydrogen) atoms. The van der Waals surface area contributed by atoms with Crippen molar-refractivity contribution in [3.8, 4) is 0 Å². The summed E-state index contributed by atoms with van der Waals surface area (Å²) < 4.78 is 0. The first-order chi connectivity index (χ1) is 10.1. The lowest BCUT2D eigenvalue weighted by molar-refractivity contribution is -0.137. The van der Waals surface area contributed by atoms with Crippen molar-refractivity contribution in [3.63, 3.8) is 0 Å². The number of aryl methyl sites for hydroxylation is 2. The normalized spacial score (nSPS) is 21.8. The Morgan fingerprint density at radius 2 is 1.90 bits per heavy atom. The van der Waals surface area contributed by atoms with Crippen molar-refractivity contribution in [2.45, 2.75) is 57.9 Å². The third kappa shape index (κ3) is 3.46. The van der Waals surface area contributed by atoms with E-state index in [0.717, 1.165) is 38.6 Å². The summed E-state index contributed by atoms with van der Waals surface area (Å²) in [7, 11) is 0. The van der Waals surface area contributed by atoms with Gasteiger partial charge in [-0.3, -0.25) is 4.79 Å². The van der Waals surface area contributed by atoms with E-state index in [1.165, 1.54) is 11.1 Å². The maximum atomic E-state index is 12.5. The highest BCUT2D eigenvalue weighted by Crippen LogP contribution is 2.32. The number of likely N-dealkylation sites (tertiary alicyclic amines) is 1. The Balaban J connectivity index is 1.94. The molecule has 0 radical (unpaired) electrons. The molecule has 1 heterocycles. The Kier molecular flexibility index (Phi) is 5.40. The van der Waals surface area contributed by atoms with Crippen LogP contribution in [-0.4, -0.2) is 34.6 Å². The molecule has 0 bridgehead atoms. The highest BCUT2D eigenvalue weighted by molar-refractivity contribution is 5.77. The van der Waals surface area contributed by atoms with Crippen molar-refractivity contribution in [2.75, 3.05) is 13.2 Å². The smallest absolute Gasteiger partial charge is 0.223 e. The van der Waals surface area contributed by atoms with E-state index in [9.17, 15) is 9.90 Å². The summed E-state index contributed by atoms with van der Waals surface area (Å²) in [6.45, 7) is 5.08. The predicted molar refractivity (Wildman–Crippen MR) is 85.2 cm³/mol. The van der Waals surface area contributed by atoms with Crippen LogP contribution in [0.1, 0.15) is 50.7 Å². The monoisotopic (exact) mass is 289 g/mol. The predicted octanol–water partition coefficient (Wildman–Crippen LogP) is 2.95. The molecule has 3 heteroatoms. The molecule has 0 aromatic heterocycles. The number of carbonyl (C=O) groups excluding carboxylic acids is 1. The molecule has 3 nitrogen and oxygen atoms in total. The van der Waals surface area contributed by atoms with Gasteiger partial charge in [-0.05, 0) is 43.2 Å². The first-order valence-electron chi connectivity index (χ1n) is 8.14. The number of amides is 1. The van der Waals surface area contributed by atoms with E-state index in [0.29, 0.717) is 6.42 Å². The third-order valence-corrected chi connectivity index (χ3v) is 4.91. The minimum atomic E-state index is -0.302. The fourth-order valence-electron chi connectivity index (χ4n) is 3.30. The van der Waals surface area contributed by atoms with Crippen molar-refractivity contribution in [3.05, 3.63) is 35.4 Å². The Morgan fingerprint density at radius 3 is 2.48 bits per heavy atom. The fourth-order valence-corrected chi connectivity index (χ4v) is 3.30. The van der Waals surface area contributed by atoms with Gasteiger partial charge >= 0.3 is 0 Å². The number of nitrogens with zero attached hydrogens (tertiary/aromatic N) is 1. The van der Waals surface area contributed by atoms with Crippen LogP contribution in [0.25, 0.3) is 0 Å². The Bertz CT molecular complexity index is 463. The Morgan fingerprint density at radius 1 is 1.24 bits per heavy atom. The van der Waals surface area contributed by atoms with E-state index in [4.69, 9.17) is 0 Å². The molecule has 116 valence electrons. The highest BCUT2D eigenvalue weighted by Gasteiger charge is 2.41. The summed E-state index contributed by atoms with van der Waals surface area (Å²) in [6.07, 6.45) is 5.13. The standard InChI is InChI=1S/C18H27NO2/c1-3-15-6-8-16(9-7-15)10-11-17(21)19-13-5-12-18(19,4-2)14-20/h6-9,20H,3-5,10-14H2,1-2H3. The van der Waals surface area contributed by atoms with Gasteiger partial charge in [0.05, 0.1) is 12.1 Å². The van der Waals surface area contributed by atoms with E-state index in [-0.39, 0.29) is 18.1 Å². The number of hydrogen-bond acceptors (Lipinski definition) is 2. The molecule has 1 amide bonds. The van der Waals surface area contributed by atoms with Gasteiger partial charge in [-0.25, -0.2) is 0 Å². The quantitative estimate of drug-likeness (QED) is 0.874. The van der Waals surface area contributed by atoms with Gasteiger partial charge in [0, 0.05) is 13.0 Å². The summed E-state index contributed by atoms with van der Waals surface area (Å²) in [5, 5.41) is 9.68. The number of hydrogen-bond donors (Lipinski definition) is 1. The molecule has 0 spiro atoms. The van der Waals surface area contributed by atoms with E-state index in [1.54, 1.807) is 0 Å². The second-order valence-electron chi connectivity index (χ2n) is 6.05. The van der Waals surface area contributed by atoms with Crippen LogP contribution in [0.2, 0.25) is 0 Å². The Labute approximate surface area is 128 Å². The largest absolute Gasteiger partial charge is 0.394 e. The number of aliphatic hydroxyl groups excluding tert-OH is 1. The maximum absolute atomic E-state index is 12.5. The Hall–Kier alpha value is -1.35. The number of aliphatic hydroxyl groups is 1. The van der Waals surface area contributed by atoms with Crippen molar-refractivity contribution in [2.24, 2.45) is 0 Å². The second kappa shape index (κ2) is 7.08. The lowest BCUT2D eigenvalue weighted by Crippen LogP contribution is -2.49. The SMILES string of the molecule is CCc1ccc(CCC(=O)N2CCCC2(CC)CO)cc1. The minimum Gasteiger partial charge on any atom is -0.394 e. The average Bonchev–Trinajstić information content (AvgIpc) is 2.97. The summed E-state index contributed by atoms with van der Waals surface area (Å²) >= 11 is 0. The molecule has 1 atom stereocenters. The minimum absolute atomic E-state index is 0.0838. The summed E-state index contributed by atoms with van der Waals surface area (Å²) in [4.78, 5) is 14.4. The molecule has 1 saturated heterocycles. The van der Waals surface area contributed by atoms with Crippen LogP contribution >= 0.6 is 0 Å². The van der Waals surface area contributed by atoms with Gasteiger partial charge in [-0.2, -0.15) is 0 Å². The van der Waals surface area contributed by atoms with E-state index in [2.05, 4.69) is 38.1 Å². The average molecular weight is 289 g/mol. The zero-order valence-electron chi connectivity index (χ0n) is 13.3. The van der Waals surface area contributed by atoms with Crippen LogP contribution < -0.4 is 0 Å². The van der Waals surface area contributed by atoms with Gasteiger partial charge in [0.1, 0.15) is 0 Å². The molecule has 0 saturated carbocycles. The molecule has 0 aliphatic carbocycles. The first-order valence-corrected chi connectivity index (χ1v) is 8.14. The molecule has 1 N–H and O–H groups in total. The van der Waals surface area contributed by atoms with Crippen LogP contribution in [0, 0.1) is 0 Å². The van der Waals surface area contributed by atoms with Crippen molar-refractivity contribution < 1.29 is 9.90 Å². The van der Waals surface area contributed by atoms with Crippen LogP contribution in [0.4, 0.5) is 0 Å². The first kappa shape index (κ1) is 16.0. The van der Waals surface area contributed by atoms with Crippen LogP contribution in [0.15, 0.2) is 24.3 Å². The van der Waals surface area contributed by atoms with Crippen LogP contribution in [-0.2, 0) is 17.6 Å². The fraction of sp³-hybridized carbons (Fsp3) is 0.611. The summed E-state index contributed by atoms with van der Waals surface area (Å²) in [5.41, 5.74) is 2.24. The molecule has 1 aliphatic rings. The van der Waals surface area contributed by atoms with E-state index in [1.807, 2.05) is 4.90 Å². The summed E-state index contributed by atoms with van der Waals surface area (Å²) in [6, 6.07) is 8.52. The molecular weight excluding hydrogens is 262 g/mol. The van der Waals surface area contributed by atoms with Crippen molar-refractivity contribution >= 4 is 5.91 Å². The third-order valence-electron chi connectivity index (χ3n) is 4.91. The second-order valence-corrected chi connectivity index (χ2v) is 6.05. The number of rotatable bonds is 6.